The van der Waals surface area contributed by atoms with Crippen LogP contribution in [0, 0.1) is 5.92 Å². The minimum absolute atomic E-state index is 0.0298. The van der Waals surface area contributed by atoms with Crippen LogP contribution in [0.15, 0.2) is 98.2 Å². The molecule has 2 aromatic carbocycles. The molecular formula is C23H22N2O3S. The number of carbonyl (C=O) groups excluding carboxylic acids is 1. The second kappa shape index (κ2) is 8.49. The molecule has 5 nitrogen and oxygen atoms in total. The fourth-order valence-electron chi connectivity index (χ4n) is 2.86. The molecule has 0 aliphatic heterocycles. The van der Waals surface area contributed by atoms with Crippen molar-refractivity contribution in [1.82, 2.24) is 0 Å². The number of hydrogen-bond acceptors (Lipinski definition) is 3. The van der Waals surface area contributed by atoms with Gasteiger partial charge < -0.3 is 0 Å². The summed E-state index contributed by atoms with van der Waals surface area (Å²) < 4.78 is 29.7. The first-order valence-corrected chi connectivity index (χ1v) is 10.7. The lowest BCUT2D eigenvalue weighted by atomic mass is 9.90. The number of sulfonamides is 1. The highest BCUT2D eigenvalue weighted by Crippen LogP contribution is 2.21. The smallest absolute Gasteiger partial charge is 0.284 e. The summed E-state index contributed by atoms with van der Waals surface area (Å²) in [6.45, 7) is 5.64. The summed E-state index contributed by atoms with van der Waals surface area (Å²) in [7, 11) is -3.94. The van der Waals surface area contributed by atoms with Gasteiger partial charge in [-0.25, -0.2) is 4.99 Å². The molecule has 148 valence electrons. The monoisotopic (exact) mass is 406 g/mol. The topological polar surface area (TPSA) is 75.9 Å². The van der Waals surface area contributed by atoms with Gasteiger partial charge in [-0.2, -0.15) is 8.42 Å². The van der Waals surface area contributed by atoms with Crippen molar-refractivity contribution in [2.75, 3.05) is 0 Å². The van der Waals surface area contributed by atoms with Gasteiger partial charge >= 0.3 is 0 Å². The summed E-state index contributed by atoms with van der Waals surface area (Å²) in [6.07, 6.45) is 3.25. The van der Waals surface area contributed by atoms with Crippen molar-refractivity contribution in [3.63, 3.8) is 0 Å². The van der Waals surface area contributed by atoms with E-state index in [2.05, 4.69) is 9.39 Å². The Kier molecular flexibility index (Phi) is 6.03. The molecule has 0 radical (unpaired) electrons. The molecule has 0 spiro atoms. The summed E-state index contributed by atoms with van der Waals surface area (Å²) in [6, 6.07) is 17.0. The standard InChI is InChI=1S/C23H22N2O3S/c1-16(2)20-15-21(17(3)14-22(20)26)24-23(18-10-6-4-7-11-18)25-29(27,28)19-12-8-5-9-13-19/h4-16H,1-3H3/b24-21?,25-23+. The predicted molar refractivity (Wildman–Crippen MR) is 116 cm³/mol. The van der Waals surface area contributed by atoms with Crippen LogP contribution in [0.3, 0.4) is 0 Å². The molecule has 0 heterocycles. The number of allylic oxidation sites excluding steroid dienone is 4. The van der Waals surface area contributed by atoms with E-state index in [1.54, 1.807) is 55.5 Å². The maximum atomic E-state index is 12.8. The van der Waals surface area contributed by atoms with Crippen molar-refractivity contribution >= 4 is 27.4 Å². The minimum Gasteiger partial charge on any atom is -0.290 e. The first kappa shape index (κ1) is 20.6. The van der Waals surface area contributed by atoms with E-state index in [4.69, 9.17) is 0 Å². The molecule has 0 amide bonds. The Morgan fingerprint density at radius 1 is 0.897 bits per heavy atom. The zero-order valence-electron chi connectivity index (χ0n) is 16.5. The van der Waals surface area contributed by atoms with Gasteiger partial charge in [-0.3, -0.25) is 4.79 Å². The minimum atomic E-state index is -3.94. The first-order valence-electron chi connectivity index (χ1n) is 9.26. The zero-order valence-corrected chi connectivity index (χ0v) is 17.3. The number of nitrogens with zero attached hydrogens (tertiary/aromatic N) is 2. The highest BCUT2D eigenvalue weighted by Gasteiger charge is 2.20. The van der Waals surface area contributed by atoms with Crippen LogP contribution in [-0.4, -0.2) is 25.7 Å². The number of rotatable bonds is 4. The Balaban J connectivity index is 2.17. The van der Waals surface area contributed by atoms with Gasteiger partial charge in [0.15, 0.2) is 11.6 Å². The van der Waals surface area contributed by atoms with Crippen LogP contribution in [0.2, 0.25) is 0 Å². The fourth-order valence-corrected chi connectivity index (χ4v) is 3.84. The Morgan fingerprint density at radius 3 is 2.07 bits per heavy atom. The lowest BCUT2D eigenvalue weighted by molar-refractivity contribution is -0.111. The van der Waals surface area contributed by atoms with E-state index in [-0.39, 0.29) is 22.4 Å². The maximum absolute atomic E-state index is 12.8. The quantitative estimate of drug-likeness (QED) is 0.430. The number of ketones is 1. The molecule has 0 saturated heterocycles. The SMILES string of the molecule is CC1=CC(=O)C(C(C)C)=CC1=N/C(=N/S(=O)(=O)c1ccccc1)c1ccccc1. The van der Waals surface area contributed by atoms with Crippen LogP contribution in [0.1, 0.15) is 26.3 Å². The largest absolute Gasteiger partial charge is 0.290 e. The fraction of sp³-hybridized carbons (Fsp3) is 0.174. The summed E-state index contributed by atoms with van der Waals surface area (Å²) >= 11 is 0. The van der Waals surface area contributed by atoms with Crippen LogP contribution in [0.5, 0.6) is 0 Å². The summed E-state index contributed by atoms with van der Waals surface area (Å²) in [5.74, 6) is 0.0553. The lowest BCUT2D eigenvalue weighted by Gasteiger charge is -2.15. The highest BCUT2D eigenvalue weighted by atomic mass is 32.2. The number of hydrogen-bond donors (Lipinski definition) is 0. The van der Waals surface area contributed by atoms with E-state index in [0.29, 0.717) is 22.4 Å². The maximum Gasteiger partial charge on any atom is 0.284 e. The van der Waals surface area contributed by atoms with Crippen LogP contribution in [0.25, 0.3) is 0 Å². The van der Waals surface area contributed by atoms with Crippen molar-refractivity contribution in [2.45, 2.75) is 25.7 Å². The first-order chi connectivity index (χ1) is 13.8. The van der Waals surface area contributed by atoms with E-state index < -0.39 is 10.0 Å². The van der Waals surface area contributed by atoms with Crippen molar-refractivity contribution in [3.8, 4) is 0 Å². The van der Waals surface area contributed by atoms with Crippen molar-refractivity contribution in [1.29, 1.82) is 0 Å². The molecule has 0 bridgehead atoms. The molecule has 3 rings (SSSR count). The third-order valence-electron chi connectivity index (χ3n) is 4.46. The predicted octanol–water partition coefficient (Wildman–Crippen LogP) is 4.37. The summed E-state index contributed by atoms with van der Waals surface area (Å²) in [4.78, 5) is 16.9. The normalized spacial score (nSPS) is 16.8. The second-order valence-corrected chi connectivity index (χ2v) is 8.62. The third-order valence-corrected chi connectivity index (χ3v) is 5.74. The zero-order chi connectivity index (χ0) is 21.0. The molecule has 0 N–H and O–H groups in total. The van der Waals surface area contributed by atoms with Gasteiger partial charge in [-0.05, 0) is 42.7 Å². The second-order valence-electron chi connectivity index (χ2n) is 7.01. The molecule has 29 heavy (non-hydrogen) atoms. The van der Waals surface area contributed by atoms with Crippen molar-refractivity contribution in [3.05, 3.63) is 89.5 Å². The van der Waals surface area contributed by atoms with Gasteiger partial charge in [-0.15, -0.1) is 4.40 Å². The highest BCUT2D eigenvalue weighted by molar-refractivity contribution is 7.90. The van der Waals surface area contributed by atoms with Crippen molar-refractivity contribution < 1.29 is 13.2 Å². The van der Waals surface area contributed by atoms with E-state index in [1.807, 2.05) is 19.9 Å². The van der Waals surface area contributed by atoms with Gasteiger partial charge in [0, 0.05) is 11.1 Å². The molecule has 0 fully saturated rings. The number of aliphatic imine (C=N–C) groups is 1. The number of amidine groups is 1. The number of benzene rings is 2. The molecule has 1 aliphatic rings. The average molecular weight is 407 g/mol. The molecule has 0 atom stereocenters. The van der Waals surface area contributed by atoms with E-state index in [0.717, 1.165) is 0 Å². The molecular weight excluding hydrogens is 384 g/mol. The van der Waals surface area contributed by atoms with Crippen LogP contribution >= 0.6 is 0 Å². The van der Waals surface area contributed by atoms with E-state index >= 15 is 0 Å². The van der Waals surface area contributed by atoms with Gasteiger partial charge in [0.1, 0.15) is 0 Å². The molecule has 6 heteroatoms. The van der Waals surface area contributed by atoms with Crippen molar-refractivity contribution in [2.24, 2.45) is 15.3 Å². The molecule has 2 aromatic rings. The lowest BCUT2D eigenvalue weighted by Crippen LogP contribution is -2.17. The molecule has 1 aliphatic carbocycles. The summed E-state index contributed by atoms with van der Waals surface area (Å²) in [5, 5.41) is 0. The Labute approximate surface area is 171 Å². The molecule has 0 aromatic heterocycles. The Hall–Kier alpha value is -3.12. The van der Waals surface area contributed by atoms with Crippen LogP contribution < -0.4 is 0 Å². The Bertz CT molecular complexity index is 1140. The Morgan fingerprint density at radius 2 is 1.48 bits per heavy atom. The van der Waals surface area contributed by atoms with E-state index in [9.17, 15) is 13.2 Å². The average Bonchev–Trinajstić information content (AvgIpc) is 2.70. The van der Waals surface area contributed by atoms with Gasteiger partial charge in [-0.1, -0.05) is 62.4 Å². The van der Waals surface area contributed by atoms with Gasteiger partial charge in [0.2, 0.25) is 0 Å². The van der Waals surface area contributed by atoms with Gasteiger partial charge in [0.05, 0.1) is 10.6 Å². The van der Waals surface area contributed by atoms with Gasteiger partial charge in [0.25, 0.3) is 10.0 Å². The molecule has 0 unspecified atom stereocenters. The number of carbonyl (C=O) groups is 1. The van der Waals surface area contributed by atoms with E-state index in [1.165, 1.54) is 18.2 Å². The van der Waals surface area contributed by atoms with Crippen LogP contribution in [0.4, 0.5) is 0 Å². The summed E-state index contributed by atoms with van der Waals surface area (Å²) in [5.41, 5.74) is 2.40. The third kappa shape index (κ3) is 4.84. The van der Waals surface area contributed by atoms with Crippen LogP contribution in [-0.2, 0) is 14.8 Å². The molecule has 0 saturated carbocycles.